The molecule has 86 valence electrons. The van der Waals surface area contributed by atoms with Crippen molar-refractivity contribution in [3.8, 4) is 0 Å². The zero-order chi connectivity index (χ0) is 12.3. The first-order valence-corrected chi connectivity index (χ1v) is 4.90. The Morgan fingerprint density at radius 2 is 1.47 bits per heavy atom. The van der Waals surface area contributed by atoms with Crippen LogP contribution in [0.5, 0.6) is 0 Å². The molecular weight excluding hydrogens is 227 g/mol. The maximum absolute atomic E-state index is 13.2. The van der Waals surface area contributed by atoms with Crippen molar-refractivity contribution in [1.82, 2.24) is 0 Å². The minimum absolute atomic E-state index is 0.491. The molecule has 4 heteroatoms. The van der Waals surface area contributed by atoms with Crippen molar-refractivity contribution in [1.29, 1.82) is 0 Å². The molecule has 0 amide bonds. The van der Waals surface area contributed by atoms with E-state index in [1.807, 2.05) is 6.07 Å². The van der Waals surface area contributed by atoms with E-state index in [2.05, 4.69) is 4.99 Å². The van der Waals surface area contributed by atoms with Crippen molar-refractivity contribution in [2.75, 3.05) is 0 Å². The lowest BCUT2D eigenvalue weighted by Crippen LogP contribution is -1.87. The van der Waals surface area contributed by atoms with Gasteiger partial charge in [0.1, 0.15) is 11.5 Å². The van der Waals surface area contributed by atoms with E-state index in [4.69, 9.17) is 0 Å². The molecule has 2 aromatic carbocycles. The van der Waals surface area contributed by atoms with Crippen LogP contribution in [0, 0.1) is 17.5 Å². The molecule has 0 aliphatic carbocycles. The Hall–Kier alpha value is -2.10. The molecule has 0 radical (unpaired) electrons. The molecule has 0 atom stereocenters. The molecule has 0 bridgehead atoms. The third-order valence-corrected chi connectivity index (χ3v) is 2.12. The maximum atomic E-state index is 13.2. The summed E-state index contributed by atoms with van der Waals surface area (Å²) in [7, 11) is 0. The van der Waals surface area contributed by atoms with Gasteiger partial charge in [0.2, 0.25) is 0 Å². The second-order valence-corrected chi connectivity index (χ2v) is 3.39. The summed E-state index contributed by atoms with van der Waals surface area (Å²) in [4.78, 5) is 3.68. The highest BCUT2D eigenvalue weighted by Gasteiger charge is 2.09. The van der Waals surface area contributed by atoms with Gasteiger partial charge < -0.3 is 0 Å². The van der Waals surface area contributed by atoms with Gasteiger partial charge >= 0.3 is 0 Å². The van der Waals surface area contributed by atoms with Gasteiger partial charge in [-0.3, -0.25) is 4.99 Å². The first-order valence-electron chi connectivity index (χ1n) is 4.90. The molecule has 0 saturated carbocycles. The number of benzene rings is 2. The fourth-order valence-electron chi connectivity index (χ4n) is 1.34. The van der Waals surface area contributed by atoms with Crippen LogP contribution in [0.3, 0.4) is 0 Å². The fraction of sp³-hybridized carbons (Fsp3) is 0. The van der Waals surface area contributed by atoms with Crippen molar-refractivity contribution >= 4 is 11.9 Å². The minimum atomic E-state index is -1.02. The predicted octanol–water partition coefficient (Wildman–Crippen LogP) is 3.85. The monoisotopic (exact) mass is 235 g/mol. The first kappa shape index (κ1) is 11.4. The highest BCUT2D eigenvalue weighted by molar-refractivity contribution is 5.81. The van der Waals surface area contributed by atoms with Crippen LogP contribution in [0.25, 0.3) is 0 Å². The van der Waals surface area contributed by atoms with Gasteiger partial charge in [0.15, 0.2) is 11.6 Å². The van der Waals surface area contributed by atoms with Gasteiger partial charge in [0.05, 0.1) is 0 Å². The zero-order valence-electron chi connectivity index (χ0n) is 8.70. The molecule has 2 rings (SSSR count). The lowest BCUT2D eigenvalue weighted by Gasteiger charge is -1.99. The molecule has 0 heterocycles. The number of hydrogen-bond acceptors (Lipinski definition) is 1. The van der Waals surface area contributed by atoms with Gasteiger partial charge in [0.25, 0.3) is 0 Å². The zero-order valence-corrected chi connectivity index (χ0v) is 8.70. The van der Waals surface area contributed by atoms with Crippen molar-refractivity contribution in [3.63, 3.8) is 0 Å². The smallest absolute Gasteiger partial charge is 0.154 e. The van der Waals surface area contributed by atoms with Crippen molar-refractivity contribution in [3.05, 3.63) is 65.5 Å². The fourth-order valence-corrected chi connectivity index (χ4v) is 1.34. The van der Waals surface area contributed by atoms with Gasteiger partial charge in [-0.05, 0) is 5.56 Å². The Bertz CT molecular complexity index is 527. The summed E-state index contributed by atoms with van der Waals surface area (Å²) in [5, 5.41) is 0. The van der Waals surface area contributed by atoms with Gasteiger partial charge in [-0.2, -0.15) is 0 Å². The van der Waals surface area contributed by atoms with E-state index in [9.17, 15) is 13.2 Å². The number of nitrogens with zero attached hydrogens (tertiary/aromatic N) is 1. The topological polar surface area (TPSA) is 12.4 Å². The lowest BCUT2D eigenvalue weighted by atomic mass is 10.2. The molecule has 0 spiro atoms. The quantitative estimate of drug-likeness (QED) is 0.701. The second kappa shape index (κ2) is 4.82. The highest BCUT2D eigenvalue weighted by atomic mass is 19.1. The van der Waals surface area contributed by atoms with E-state index in [1.165, 1.54) is 6.21 Å². The summed E-state index contributed by atoms with van der Waals surface area (Å²) in [6.07, 6.45) is 1.32. The van der Waals surface area contributed by atoms with Crippen LogP contribution in [-0.4, -0.2) is 6.21 Å². The van der Waals surface area contributed by atoms with E-state index in [0.29, 0.717) is 17.7 Å². The van der Waals surface area contributed by atoms with E-state index in [0.717, 1.165) is 0 Å². The number of aliphatic imine (C=N–C) groups is 1. The molecule has 0 aromatic heterocycles. The minimum Gasteiger partial charge on any atom is -0.250 e. The summed E-state index contributed by atoms with van der Waals surface area (Å²) in [6.45, 7) is 0. The molecule has 0 saturated heterocycles. The summed E-state index contributed by atoms with van der Waals surface area (Å²) < 4.78 is 39.1. The van der Waals surface area contributed by atoms with E-state index >= 15 is 0 Å². The molecule has 17 heavy (non-hydrogen) atoms. The standard InChI is InChI=1S/C13H8F3N/c14-10-6-11(15)13(12(16)7-10)17-8-9-4-2-1-3-5-9/h1-8H/b17-8+. The maximum Gasteiger partial charge on any atom is 0.154 e. The van der Waals surface area contributed by atoms with E-state index in [1.54, 1.807) is 24.3 Å². The van der Waals surface area contributed by atoms with Gasteiger partial charge in [0, 0.05) is 18.3 Å². The first-order chi connectivity index (χ1) is 8.16. The number of halogens is 3. The van der Waals surface area contributed by atoms with Crippen molar-refractivity contribution in [2.45, 2.75) is 0 Å². The van der Waals surface area contributed by atoms with Gasteiger partial charge in [-0.25, -0.2) is 13.2 Å². The molecule has 0 unspecified atom stereocenters. The van der Waals surface area contributed by atoms with Crippen LogP contribution in [0.4, 0.5) is 18.9 Å². The third-order valence-electron chi connectivity index (χ3n) is 2.12. The Labute approximate surface area is 96.2 Å². The van der Waals surface area contributed by atoms with Crippen LogP contribution < -0.4 is 0 Å². The summed E-state index contributed by atoms with van der Waals surface area (Å²) in [6, 6.07) is 10.0. The molecule has 1 nitrogen and oxygen atoms in total. The highest BCUT2D eigenvalue weighted by Crippen LogP contribution is 2.23. The average molecular weight is 235 g/mol. The summed E-state index contributed by atoms with van der Waals surface area (Å²) in [5.74, 6) is -3.00. The van der Waals surface area contributed by atoms with Crippen LogP contribution in [-0.2, 0) is 0 Å². The molecule has 0 N–H and O–H groups in total. The summed E-state index contributed by atoms with van der Waals surface area (Å²) in [5.41, 5.74) is 0.214. The predicted molar refractivity (Wildman–Crippen MR) is 60.0 cm³/mol. The van der Waals surface area contributed by atoms with Crippen molar-refractivity contribution in [2.24, 2.45) is 4.99 Å². The number of hydrogen-bond donors (Lipinski definition) is 0. The van der Waals surface area contributed by atoms with Gasteiger partial charge in [-0.1, -0.05) is 30.3 Å². The SMILES string of the molecule is Fc1cc(F)c(/N=C/c2ccccc2)c(F)c1. The van der Waals surface area contributed by atoms with Crippen molar-refractivity contribution < 1.29 is 13.2 Å². The Morgan fingerprint density at radius 1 is 0.882 bits per heavy atom. The van der Waals surface area contributed by atoms with Crippen LogP contribution >= 0.6 is 0 Å². The Kier molecular flexibility index (Phi) is 3.23. The molecule has 0 fully saturated rings. The molecule has 0 aliphatic heterocycles. The van der Waals surface area contributed by atoms with E-state index in [-0.39, 0.29) is 0 Å². The molecule has 0 aliphatic rings. The molecular formula is C13H8F3N. The largest absolute Gasteiger partial charge is 0.250 e. The van der Waals surface area contributed by atoms with Crippen LogP contribution in [0.1, 0.15) is 5.56 Å². The number of rotatable bonds is 2. The van der Waals surface area contributed by atoms with E-state index < -0.39 is 23.1 Å². The molecule has 2 aromatic rings. The lowest BCUT2D eigenvalue weighted by molar-refractivity contribution is 0.547. The second-order valence-electron chi connectivity index (χ2n) is 3.39. The van der Waals surface area contributed by atoms with Crippen LogP contribution in [0.15, 0.2) is 47.5 Å². The van der Waals surface area contributed by atoms with Gasteiger partial charge in [-0.15, -0.1) is 0 Å². The Morgan fingerprint density at radius 3 is 2.06 bits per heavy atom. The normalized spacial score (nSPS) is 11.0. The average Bonchev–Trinajstić information content (AvgIpc) is 2.29. The van der Waals surface area contributed by atoms with Crippen LogP contribution in [0.2, 0.25) is 0 Å². The third kappa shape index (κ3) is 2.72. The Balaban J connectivity index is 2.34. The summed E-state index contributed by atoms with van der Waals surface area (Å²) >= 11 is 0.